The van der Waals surface area contributed by atoms with Crippen LogP contribution in [0.5, 0.6) is 0 Å². The standard InChI is InChI=1S/C15H13N3O2/c16-11-13-3-1-2-4-15(13)17-10-9-12-5-7-14(8-6-12)18(19)20/h1-8,17H,9-10H2. The van der Waals surface area contributed by atoms with Gasteiger partial charge in [-0.25, -0.2) is 0 Å². The second kappa shape index (κ2) is 6.34. The van der Waals surface area contributed by atoms with Crippen molar-refractivity contribution in [1.29, 1.82) is 5.26 Å². The fraction of sp³-hybridized carbons (Fsp3) is 0.133. The Balaban J connectivity index is 1.93. The highest BCUT2D eigenvalue weighted by molar-refractivity contribution is 5.57. The molecular weight excluding hydrogens is 254 g/mol. The molecule has 0 aromatic heterocycles. The molecule has 5 heteroatoms. The van der Waals surface area contributed by atoms with Gasteiger partial charge in [-0.3, -0.25) is 10.1 Å². The zero-order valence-corrected chi connectivity index (χ0v) is 10.7. The summed E-state index contributed by atoms with van der Waals surface area (Å²) in [5.41, 5.74) is 2.52. The Bertz CT molecular complexity index is 645. The van der Waals surface area contributed by atoms with Crippen LogP contribution in [-0.4, -0.2) is 11.5 Å². The van der Waals surface area contributed by atoms with Gasteiger partial charge in [0.15, 0.2) is 0 Å². The first-order valence-corrected chi connectivity index (χ1v) is 6.17. The Hall–Kier alpha value is -2.87. The third kappa shape index (κ3) is 3.33. The second-order valence-electron chi connectivity index (χ2n) is 4.26. The number of nitro groups is 1. The van der Waals surface area contributed by atoms with Crippen LogP contribution < -0.4 is 5.32 Å². The fourth-order valence-electron chi connectivity index (χ4n) is 1.86. The number of hydrogen-bond acceptors (Lipinski definition) is 4. The number of hydrogen-bond donors (Lipinski definition) is 1. The van der Waals surface area contributed by atoms with Gasteiger partial charge in [0.1, 0.15) is 6.07 Å². The number of nitrogens with zero attached hydrogens (tertiary/aromatic N) is 2. The zero-order chi connectivity index (χ0) is 14.4. The van der Waals surface area contributed by atoms with Crippen LogP contribution in [0.3, 0.4) is 0 Å². The lowest BCUT2D eigenvalue weighted by atomic mass is 10.1. The van der Waals surface area contributed by atoms with Gasteiger partial charge < -0.3 is 5.32 Å². The van der Waals surface area contributed by atoms with Crippen LogP contribution in [0.1, 0.15) is 11.1 Å². The van der Waals surface area contributed by atoms with E-state index in [1.807, 2.05) is 18.2 Å². The Labute approximate surface area is 116 Å². The molecule has 0 spiro atoms. The van der Waals surface area contributed by atoms with Crippen molar-refractivity contribution in [2.45, 2.75) is 6.42 Å². The van der Waals surface area contributed by atoms with E-state index in [1.54, 1.807) is 18.2 Å². The second-order valence-corrected chi connectivity index (χ2v) is 4.26. The molecule has 2 aromatic carbocycles. The number of benzene rings is 2. The number of nitrogens with one attached hydrogen (secondary N) is 1. The smallest absolute Gasteiger partial charge is 0.269 e. The van der Waals surface area contributed by atoms with Gasteiger partial charge >= 0.3 is 0 Å². The first-order valence-electron chi connectivity index (χ1n) is 6.17. The van der Waals surface area contributed by atoms with Crippen molar-refractivity contribution < 1.29 is 4.92 Å². The molecule has 0 amide bonds. The molecule has 0 heterocycles. The summed E-state index contributed by atoms with van der Waals surface area (Å²) < 4.78 is 0. The summed E-state index contributed by atoms with van der Waals surface area (Å²) in [7, 11) is 0. The van der Waals surface area contributed by atoms with E-state index >= 15 is 0 Å². The molecule has 20 heavy (non-hydrogen) atoms. The molecule has 2 aromatic rings. The van der Waals surface area contributed by atoms with Crippen molar-refractivity contribution in [3.8, 4) is 6.07 Å². The maximum atomic E-state index is 10.5. The molecule has 0 aliphatic carbocycles. The van der Waals surface area contributed by atoms with Crippen molar-refractivity contribution in [2.75, 3.05) is 11.9 Å². The lowest BCUT2D eigenvalue weighted by molar-refractivity contribution is -0.384. The molecule has 1 N–H and O–H groups in total. The van der Waals surface area contributed by atoms with Gasteiger partial charge in [-0.05, 0) is 24.1 Å². The largest absolute Gasteiger partial charge is 0.384 e. The maximum Gasteiger partial charge on any atom is 0.269 e. The Morgan fingerprint density at radius 2 is 1.85 bits per heavy atom. The predicted octanol–water partition coefficient (Wildman–Crippen LogP) is 3.12. The zero-order valence-electron chi connectivity index (χ0n) is 10.7. The molecule has 0 unspecified atom stereocenters. The molecule has 0 radical (unpaired) electrons. The summed E-state index contributed by atoms with van der Waals surface area (Å²) in [5, 5.41) is 22.7. The summed E-state index contributed by atoms with van der Waals surface area (Å²) in [6.45, 7) is 0.663. The molecular formula is C15H13N3O2. The van der Waals surface area contributed by atoms with E-state index in [9.17, 15) is 10.1 Å². The normalized spacial score (nSPS) is 9.75. The van der Waals surface area contributed by atoms with Crippen LogP contribution in [-0.2, 0) is 6.42 Å². The highest BCUT2D eigenvalue weighted by Crippen LogP contribution is 2.15. The summed E-state index contributed by atoms with van der Waals surface area (Å²) in [5.74, 6) is 0. The van der Waals surface area contributed by atoms with Crippen LogP contribution in [0.25, 0.3) is 0 Å². The summed E-state index contributed by atoms with van der Waals surface area (Å²) in [4.78, 5) is 10.1. The molecule has 2 rings (SSSR count). The summed E-state index contributed by atoms with van der Waals surface area (Å²) in [6, 6.07) is 15.9. The topological polar surface area (TPSA) is 79.0 Å². The molecule has 0 bridgehead atoms. The summed E-state index contributed by atoms with van der Waals surface area (Å²) in [6.07, 6.45) is 0.734. The molecule has 0 aliphatic rings. The van der Waals surface area contributed by atoms with E-state index in [-0.39, 0.29) is 5.69 Å². The Morgan fingerprint density at radius 3 is 2.50 bits per heavy atom. The monoisotopic (exact) mass is 267 g/mol. The number of anilines is 1. The van der Waals surface area contributed by atoms with Gasteiger partial charge in [-0.1, -0.05) is 24.3 Å². The molecule has 0 atom stereocenters. The van der Waals surface area contributed by atoms with Crippen molar-refractivity contribution in [3.63, 3.8) is 0 Å². The number of para-hydroxylation sites is 1. The number of rotatable bonds is 5. The minimum Gasteiger partial charge on any atom is -0.384 e. The van der Waals surface area contributed by atoms with Crippen LogP contribution in [0.15, 0.2) is 48.5 Å². The van der Waals surface area contributed by atoms with Crippen LogP contribution in [0, 0.1) is 21.4 Å². The van der Waals surface area contributed by atoms with Gasteiger partial charge in [-0.2, -0.15) is 5.26 Å². The Morgan fingerprint density at radius 1 is 1.15 bits per heavy atom. The third-order valence-electron chi connectivity index (χ3n) is 2.92. The van der Waals surface area contributed by atoms with Gasteiger partial charge in [-0.15, -0.1) is 0 Å². The third-order valence-corrected chi connectivity index (χ3v) is 2.92. The van der Waals surface area contributed by atoms with E-state index in [0.29, 0.717) is 12.1 Å². The van der Waals surface area contributed by atoms with Crippen LogP contribution >= 0.6 is 0 Å². The highest BCUT2D eigenvalue weighted by atomic mass is 16.6. The van der Waals surface area contributed by atoms with Crippen molar-refractivity contribution >= 4 is 11.4 Å². The number of nitriles is 1. The minimum atomic E-state index is -0.412. The van der Waals surface area contributed by atoms with Gasteiger partial charge in [0.2, 0.25) is 0 Å². The molecule has 5 nitrogen and oxygen atoms in total. The minimum absolute atomic E-state index is 0.0940. The van der Waals surface area contributed by atoms with Crippen molar-refractivity contribution in [1.82, 2.24) is 0 Å². The number of non-ortho nitro benzene ring substituents is 1. The molecule has 0 aliphatic heterocycles. The van der Waals surface area contributed by atoms with E-state index in [1.165, 1.54) is 12.1 Å². The van der Waals surface area contributed by atoms with E-state index in [2.05, 4.69) is 11.4 Å². The van der Waals surface area contributed by atoms with E-state index in [0.717, 1.165) is 17.7 Å². The SMILES string of the molecule is N#Cc1ccccc1NCCc1ccc([N+](=O)[O-])cc1. The first kappa shape index (κ1) is 13.6. The van der Waals surface area contributed by atoms with Gasteiger partial charge in [0, 0.05) is 18.7 Å². The fourth-order valence-corrected chi connectivity index (χ4v) is 1.86. The van der Waals surface area contributed by atoms with Crippen LogP contribution in [0.2, 0.25) is 0 Å². The van der Waals surface area contributed by atoms with Crippen molar-refractivity contribution in [3.05, 3.63) is 69.8 Å². The number of nitro benzene ring substituents is 1. The Kier molecular flexibility index (Phi) is 4.30. The van der Waals surface area contributed by atoms with Crippen molar-refractivity contribution in [2.24, 2.45) is 0 Å². The van der Waals surface area contributed by atoms with E-state index < -0.39 is 4.92 Å². The molecule has 0 saturated heterocycles. The molecule has 0 fully saturated rings. The molecule has 0 saturated carbocycles. The lowest BCUT2D eigenvalue weighted by Gasteiger charge is -2.07. The highest BCUT2D eigenvalue weighted by Gasteiger charge is 2.04. The lowest BCUT2D eigenvalue weighted by Crippen LogP contribution is -2.06. The quantitative estimate of drug-likeness (QED) is 0.666. The average molecular weight is 267 g/mol. The maximum absolute atomic E-state index is 10.5. The van der Waals surface area contributed by atoms with E-state index in [4.69, 9.17) is 5.26 Å². The predicted molar refractivity (Wildman–Crippen MR) is 76.4 cm³/mol. The summed E-state index contributed by atoms with van der Waals surface area (Å²) >= 11 is 0. The first-order chi connectivity index (χ1) is 9.70. The van der Waals surface area contributed by atoms with Gasteiger partial charge in [0.05, 0.1) is 16.2 Å². The average Bonchev–Trinajstić information content (AvgIpc) is 2.48. The van der Waals surface area contributed by atoms with Gasteiger partial charge in [0.25, 0.3) is 5.69 Å². The molecule has 100 valence electrons. The van der Waals surface area contributed by atoms with Crippen LogP contribution in [0.4, 0.5) is 11.4 Å².